The number of anilines is 1. The Morgan fingerprint density at radius 1 is 1.71 bits per heavy atom. The van der Waals surface area contributed by atoms with E-state index in [-0.39, 0.29) is 5.91 Å². The summed E-state index contributed by atoms with van der Waals surface area (Å²) in [5, 5.41) is 5.64. The third kappa shape index (κ3) is 3.78. The maximum absolute atomic E-state index is 11.6. The Bertz CT molecular complexity index is 387. The molecular weight excluding hydrogens is 234 g/mol. The van der Waals surface area contributed by atoms with Gasteiger partial charge in [-0.25, -0.2) is 4.98 Å². The minimum absolute atomic E-state index is 0.0435. The van der Waals surface area contributed by atoms with E-state index in [1.807, 2.05) is 0 Å². The summed E-state index contributed by atoms with van der Waals surface area (Å²) in [5.74, 6) is 1.09. The lowest BCUT2D eigenvalue weighted by molar-refractivity contribution is -0.116. The van der Waals surface area contributed by atoms with E-state index < -0.39 is 0 Å². The van der Waals surface area contributed by atoms with E-state index in [1.165, 1.54) is 24.2 Å². The van der Waals surface area contributed by atoms with Gasteiger partial charge in [-0.05, 0) is 31.7 Å². The average molecular weight is 253 g/mol. The Hall–Kier alpha value is -0.940. The van der Waals surface area contributed by atoms with Gasteiger partial charge in [-0.1, -0.05) is 6.92 Å². The van der Waals surface area contributed by atoms with E-state index in [4.69, 9.17) is 5.73 Å². The van der Waals surface area contributed by atoms with Crippen LogP contribution >= 0.6 is 11.3 Å². The van der Waals surface area contributed by atoms with Gasteiger partial charge in [-0.3, -0.25) is 4.79 Å². The van der Waals surface area contributed by atoms with E-state index in [2.05, 4.69) is 22.6 Å². The fourth-order valence-corrected chi connectivity index (χ4v) is 2.40. The van der Waals surface area contributed by atoms with Crippen molar-refractivity contribution in [2.75, 3.05) is 11.9 Å². The molecule has 17 heavy (non-hydrogen) atoms. The first-order valence-corrected chi connectivity index (χ1v) is 7.02. The third-order valence-corrected chi connectivity index (χ3v) is 3.81. The maximum atomic E-state index is 11.6. The largest absolute Gasteiger partial charge is 0.330 e. The van der Waals surface area contributed by atoms with Crippen LogP contribution in [0.2, 0.25) is 0 Å². The van der Waals surface area contributed by atoms with E-state index in [9.17, 15) is 4.79 Å². The normalized spacial score (nSPS) is 16.8. The molecule has 0 aromatic carbocycles. The number of thiazole rings is 1. The predicted molar refractivity (Wildman–Crippen MR) is 70.2 cm³/mol. The van der Waals surface area contributed by atoms with Gasteiger partial charge in [0.05, 0.1) is 5.69 Å². The molecule has 5 heteroatoms. The predicted octanol–water partition coefficient (Wildman–Crippen LogP) is 2.33. The Kier molecular flexibility index (Phi) is 4.12. The summed E-state index contributed by atoms with van der Waals surface area (Å²) in [7, 11) is 0. The highest BCUT2D eigenvalue weighted by molar-refractivity contribution is 7.13. The number of aromatic nitrogens is 1. The van der Waals surface area contributed by atoms with E-state index in [0.717, 1.165) is 17.2 Å². The van der Waals surface area contributed by atoms with Gasteiger partial charge in [0.2, 0.25) is 5.91 Å². The molecule has 1 aliphatic rings. The number of rotatable bonds is 6. The Balaban J connectivity index is 1.76. The number of amides is 1. The molecule has 2 rings (SSSR count). The van der Waals surface area contributed by atoms with Crippen LogP contribution in [0.25, 0.3) is 0 Å². The summed E-state index contributed by atoms with van der Waals surface area (Å²) in [5.41, 5.74) is 6.65. The Labute approximate surface area is 106 Å². The molecule has 94 valence electrons. The topological polar surface area (TPSA) is 68.0 Å². The minimum Gasteiger partial charge on any atom is -0.330 e. The lowest BCUT2D eigenvalue weighted by Gasteiger charge is -2.06. The second-order valence-corrected chi connectivity index (χ2v) is 5.64. The SMILES string of the molecule is CC(CN)CCC(=O)Nc1nc(C2CC2)cs1. The zero-order valence-electron chi connectivity index (χ0n) is 10.1. The molecule has 0 bridgehead atoms. The summed E-state index contributed by atoms with van der Waals surface area (Å²) in [6.45, 7) is 2.69. The number of nitrogens with one attached hydrogen (secondary N) is 1. The Morgan fingerprint density at radius 2 is 2.47 bits per heavy atom. The van der Waals surface area contributed by atoms with Gasteiger partial charge >= 0.3 is 0 Å². The zero-order chi connectivity index (χ0) is 12.3. The van der Waals surface area contributed by atoms with Crippen LogP contribution in [0.3, 0.4) is 0 Å². The van der Waals surface area contributed by atoms with Gasteiger partial charge < -0.3 is 11.1 Å². The minimum atomic E-state index is 0.0435. The van der Waals surface area contributed by atoms with Crippen molar-refractivity contribution in [1.82, 2.24) is 4.98 Å². The first kappa shape index (κ1) is 12.5. The first-order valence-electron chi connectivity index (χ1n) is 6.14. The van der Waals surface area contributed by atoms with E-state index in [1.54, 1.807) is 0 Å². The van der Waals surface area contributed by atoms with Gasteiger partial charge in [0.25, 0.3) is 0 Å². The average Bonchev–Trinajstić information content (AvgIpc) is 3.08. The fraction of sp³-hybridized carbons (Fsp3) is 0.667. The number of hydrogen-bond acceptors (Lipinski definition) is 4. The van der Waals surface area contributed by atoms with Crippen molar-refractivity contribution in [3.05, 3.63) is 11.1 Å². The molecule has 1 heterocycles. The molecular formula is C12H19N3OS. The van der Waals surface area contributed by atoms with Crippen molar-refractivity contribution >= 4 is 22.4 Å². The number of nitrogens with zero attached hydrogens (tertiary/aromatic N) is 1. The zero-order valence-corrected chi connectivity index (χ0v) is 10.9. The highest BCUT2D eigenvalue weighted by Crippen LogP contribution is 2.40. The highest BCUT2D eigenvalue weighted by atomic mass is 32.1. The molecule has 1 aromatic heterocycles. The molecule has 0 saturated heterocycles. The number of carbonyl (C=O) groups excluding carboxylic acids is 1. The molecule has 4 nitrogen and oxygen atoms in total. The quantitative estimate of drug-likeness (QED) is 0.817. The van der Waals surface area contributed by atoms with Gasteiger partial charge in [0.15, 0.2) is 5.13 Å². The van der Waals surface area contributed by atoms with Crippen LogP contribution in [0.1, 0.15) is 44.2 Å². The standard InChI is InChI=1S/C12H19N3OS/c1-8(6-13)2-5-11(16)15-12-14-10(7-17-12)9-3-4-9/h7-9H,2-6,13H2,1H3,(H,14,15,16). The van der Waals surface area contributed by atoms with Crippen LogP contribution in [0.15, 0.2) is 5.38 Å². The van der Waals surface area contributed by atoms with E-state index >= 15 is 0 Å². The number of hydrogen-bond donors (Lipinski definition) is 2. The van der Waals surface area contributed by atoms with Crippen molar-refractivity contribution in [2.24, 2.45) is 11.7 Å². The number of nitrogens with two attached hydrogens (primary N) is 1. The van der Waals surface area contributed by atoms with Crippen molar-refractivity contribution in [2.45, 2.75) is 38.5 Å². The fourth-order valence-electron chi connectivity index (χ4n) is 1.59. The molecule has 3 N–H and O–H groups in total. The van der Waals surface area contributed by atoms with Gasteiger partial charge in [-0.2, -0.15) is 0 Å². The molecule has 1 saturated carbocycles. The summed E-state index contributed by atoms with van der Waals surface area (Å²) in [6.07, 6.45) is 3.84. The van der Waals surface area contributed by atoms with Gasteiger partial charge in [-0.15, -0.1) is 11.3 Å². The smallest absolute Gasteiger partial charge is 0.226 e. The van der Waals surface area contributed by atoms with Crippen LogP contribution < -0.4 is 11.1 Å². The number of carbonyl (C=O) groups is 1. The highest BCUT2D eigenvalue weighted by Gasteiger charge is 2.26. The molecule has 1 unspecified atom stereocenters. The second-order valence-electron chi connectivity index (χ2n) is 4.78. The van der Waals surface area contributed by atoms with Crippen molar-refractivity contribution in [1.29, 1.82) is 0 Å². The van der Waals surface area contributed by atoms with Crippen molar-refractivity contribution in [3.63, 3.8) is 0 Å². The molecule has 1 fully saturated rings. The second kappa shape index (κ2) is 5.60. The van der Waals surface area contributed by atoms with Crippen molar-refractivity contribution < 1.29 is 4.79 Å². The van der Waals surface area contributed by atoms with Gasteiger partial charge in [0.1, 0.15) is 0 Å². The van der Waals surface area contributed by atoms with Crippen molar-refractivity contribution in [3.8, 4) is 0 Å². The lowest BCUT2D eigenvalue weighted by Crippen LogP contribution is -2.16. The first-order chi connectivity index (χ1) is 8.19. The third-order valence-electron chi connectivity index (χ3n) is 3.03. The van der Waals surface area contributed by atoms with Crippen LogP contribution in [-0.4, -0.2) is 17.4 Å². The van der Waals surface area contributed by atoms with Gasteiger partial charge in [0, 0.05) is 17.7 Å². The summed E-state index contributed by atoms with van der Waals surface area (Å²) >= 11 is 1.52. The van der Waals surface area contributed by atoms with Crippen LogP contribution in [0.5, 0.6) is 0 Å². The summed E-state index contributed by atoms with van der Waals surface area (Å²) in [4.78, 5) is 16.1. The molecule has 1 amide bonds. The van der Waals surface area contributed by atoms with E-state index in [0.29, 0.717) is 24.8 Å². The summed E-state index contributed by atoms with van der Waals surface area (Å²) < 4.78 is 0. The maximum Gasteiger partial charge on any atom is 0.226 e. The Morgan fingerprint density at radius 3 is 3.12 bits per heavy atom. The molecule has 0 radical (unpaired) electrons. The van der Waals surface area contributed by atoms with Crippen LogP contribution in [0, 0.1) is 5.92 Å². The lowest BCUT2D eigenvalue weighted by atomic mass is 10.1. The molecule has 0 aliphatic heterocycles. The van der Waals surface area contributed by atoms with Crippen LogP contribution in [0.4, 0.5) is 5.13 Å². The van der Waals surface area contributed by atoms with Crippen LogP contribution in [-0.2, 0) is 4.79 Å². The molecule has 0 spiro atoms. The molecule has 1 aromatic rings. The monoisotopic (exact) mass is 253 g/mol. The molecule has 1 atom stereocenters. The molecule has 1 aliphatic carbocycles. The summed E-state index contributed by atoms with van der Waals surface area (Å²) in [6, 6.07) is 0.